The van der Waals surface area contributed by atoms with E-state index in [1.807, 2.05) is 6.92 Å². The first kappa shape index (κ1) is 16.5. The van der Waals surface area contributed by atoms with Gasteiger partial charge in [0.25, 0.3) is 0 Å². The van der Waals surface area contributed by atoms with E-state index in [2.05, 4.69) is 22.4 Å². The molecule has 0 saturated carbocycles. The van der Waals surface area contributed by atoms with Gasteiger partial charge in [0, 0.05) is 18.4 Å². The third-order valence-corrected chi connectivity index (χ3v) is 4.44. The largest absolute Gasteiger partial charge is 0.376 e. The fourth-order valence-corrected chi connectivity index (χ4v) is 2.64. The van der Waals surface area contributed by atoms with Gasteiger partial charge in [-0.15, -0.1) is 0 Å². The molecular weight excluding hydrogens is 302 g/mol. The van der Waals surface area contributed by atoms with Crippen LogP contribution >= 0.6 is 0 Å². The summed E-state index contributed by atoms with van der Waals surface area (Å²) in [7, 11) is -3.22. The summed E-state index contributed by atoms with van der Waals surface area (Å²) in [5.74, 6) is 1.20. The third kappa shape index (κ3) is 4.30. The monoisotopic (exact) mass is 323 g/mol. The molecule has 0 unspecified atom stereocenters. The lowest BCUT2D eigenvalue weighted by Crippen LogP contribution is -2.04. The first-order valence-electron chi connectivity index (χ1n) is 7.26. The normalized spacial score (nSPS) is 11.6. The minimum atomic E-state index is -3.22. The highest BCUT2D eigenvalue weighted by Crippen LogP contribution is 2.20. The maximum atomic E-state index is 11.6. The van der Waals surface area contributed by atoms with Gasteiger partial charge in [0.05, 0.1) is 11.4 Å². The van der Waals surface area contributed by atoms with Gasteiger partial charge in [-0.1, -0.05) is 24.6 Å². The van der Waals surface area contributed by atoms with E-state index in [1.54, 1.807) is 18.2 Å². The van der Waals surface area contributed by atoms with Crippen molar-refractivity contribution >= 4 is 15.5 Å². The average molecular weight is 323 g/mol. The standard InChI is InChI=1S/C15H21N3O3S/c1-4-5-6-14-17-15(21-18-14)10-16-13-9-12(22(3,19)20)8-7-11(13)2/h7-9,16H,4-6,10H2,1-3H3. The molecule has 22 heavy (non-hydrogen) atoms. The zero-order valence-corrected chi connectivity index (χ0v) is 13.9. The Morgan fingerprint density at radius 3 is 2.77 bits per heavy atom. The van der Waals surface area contributed by atoms with Crippen molar-refractivity contribution in [3.05, 3.63) is 35.5 Å². The van der Waals surface area contributed by atoms with Gasteiger partial charge in [0.15, 0.2) is 15.7 Å². The summed E-state index contributed by atoms with van der Waals surface area (Å²) >= 11 is 0. The Hall–Kier alpha value is -1.89. The second-order valence-electron chi connectivity index (χ2n) is 5.31. The average Bonchev–Trinajstić information content (AvgIpc) is 2.91. The molecule has 7 heteroatoms. The highest BCUT2D eigenvalue weighted by molar-refractivity contribution is 7.90. The number of aryl methyl sites for hydroxylation is 2. The van der Waals surface area contributed by atoms with Crippen LogP contribution in [0.1, 0.15) is 37.0 Å². The molecular formula is C15H21N3O3S. The SMILES string of the molecule is CCCCc1noc(CNc2cc(S(C)(=O)=O)ccc2C)n1. The van der Waals surface area contributed by atoms with E-state index < -0.39 is 9.84 Å². The van der Waals surface area contributed by atoms with Crippen LogP contribution in [0.3, 0.4) is 0 Å². The molecule has 2 rings (SSSR count). The fourth-order valence-electron chi connectivity index (χ4n) is 1.99. The molecule has 6 nitrogen and oxygen atoms in total. The quantitative estimate of drug-likeness (QED) is 0.843. The Balaban J connectivity index is 2.06. The van der Waals surface area contributed by atoms with Gasteiger partial charge in [-0.05, 0) is 31.0 Å². The van der Waals surface area contributed by atoms with Crippen molar-refractivity contribution < 1.29 is 12.9 Å². The van der Waals surface area contributed by atoms with Gasteiger partial charge in [0.2, 0.25) is 5.89 Å². The highest BCUT2D eigenvalue weighted by atomic mass is 32.2. The number of hydrogen-bond donors (Lipinski definition) is 1. The first-order valence-corrected chi connectivity index (χ1v) is 9.15. The molecule has 1 heterocycles. The molecule has 0 aliphatic rings. The lowest BCUT2D eigenvalue weighted by molar-refractivity contribution is 0.377. The predicted molar refractivity (Wildman–Crippen MR) is 84.5 cm³/mol. The minimum Gasteiger partial charge on any atom is -0.376 e. The number of benzene rings is 1. The topological polar surface area (TPSA) is 85.1 Å². The van der Waals surface area contributed by atoms with Crippen LogP contribution in [0, 0.1) is 6.92 Å². The summed E-state index contributed by atoms with van der Waals surface area (Å²) in [6, 6.07) is 5.00. The van der Waals surface area contributed by atoms with Crippen molar-refractivity contribution in [1.82, 2.24) is 10.1 Å². The molecule has 0 saturated heterocycles. The predicted octanol–water partition coefficient (Wildman–Crippen LogP) is 2.74. The third-order valence-electron chi connectivity index (χ3n) is 3.33. The molecule has 0 spiro atoms. The van der Waals surface area contributed by atoms with Gasteiger partial charge in [-0.3, -0.25) is 0 Å². The van der Waals surface area contributed by atoms with E-state index in [4.69, 9.17) is 4.52 Å². The molecule has 0 bridgehead atoms. The smallest absolute Gasteiger partial charge is 0.245 e. The second-order valence-corrected chi connectivity index (χ2v) is 7.33. The number of sulfone groups is 1. The Kier molecular flexibility index (Phi) is 5.18. The Morgan fingerprint density at radius 1 is 1.32 bits per heavy atom. The van der Waals surface area contributed by atoms with Crippen molar-refractivity contribution in [2.45, 2.75) is 44.6 Å². The van der Waals surface area contributed by atoms with Crippen molar-refractivity contribution in [3.8, 4) is 0 Å². The van der Waals surface area contributed by atoms with Crippen LogP contribution in [0.2, 0.25) is 0 Å². The molecule has 1 aromatic heterocycles. The van der Waals surface area contributed by atoms with Crippen LogP contribution in [-0.4, -0.2) is 24.8 Å². The van der Waals surface area contributed by atoms with Crippen molar-refractivity contribution in [2.75, 3.05) is 11.6 Å². The highest BCUT2D eigenvalue weighted by Gasteiger charge is 2.11. The molecule has 2 aromatic rings. The van der Waals surface area contributed by atoms with Crippen LogP contribution in [0.5, 0.6) is 0 Å². The maximum Gasteiger partial charge on any atom is 0.245 e. The first-order chi connectivity index (χ1) is 10.4. The number of unbranched alkanes of at least 4 members (excludes halogenated alkanes) is 1. The van der Waals surface area contributed by atoms with Crippen molar-refractivity contribution in [3.63, 3.8) is 0 Å². The Bertz CT molecular complexity index is 738. The van der Waals surface area contributed by atoms with E-state index in [1.165, 1.54) is 6.26 Å². The van der Waals surface area contributed by atoms with Crippen LogP contribution < -0.4 is 5.32 Å². The van der Waals surface area contributed by atoms with E-state index in [9.17, 15) is 8.42 Å². The molecule has 0 radical (unpaired) electrons. The summed E-state index contributed by atoms with van der Waals surface area (Å²) in [5.41, 5.74) is 1.70. The summed E-state index contributed by atoms with van der Waals surface area (Å²) in [5, 5.41) is 7.07. The molecule has 1 aromatic carbocycles. The summed E-state index contributed by atoms with van der Waals surface area (Å²) in [6.45, 7) is 4.39. The number of aromatic nitrogens is 2. The van der Waals surface area contributed by atoms with E-state index in [0.29, 0.717) is 18.3 Å². The second kappa shape index (κ2) is 6.91. The lowest BCUT2D eigenvalue weighted by Gasteiger charge is -2.09. The Labute approximate surface area is 130 Å². The zero-order chi connectivity index (χ0) is 16.2. The molecule has 0 amide bonds. The van der Waals surface area contributed by atoms with E-state index >= 15 is 0 Å². The molecule has 0 aliphatic heterocycles. The van der Waals surface area contributed by atoms with Gasteiger partial charge >= 0.3 is 0 Å². The van der Waals surface area contributed by atoms with Gasteiger partial charge in [0.1, 0.15) is 0 Å². The summed E-state index contributed by atoms with van der Waals surface area (Å²) in [6.07, 6.45) is 4.11. The summed E-state index contributed by atoms with van der Waals surface area (Å²) in [4.78, 5) is 4.59. The van der Waals surface area contributed by atoms with Crippen LogP contribution in [-0.2, 0) is 22.8 Å². The van der Waals surface area contributed by atoms with Gasteiger partial charge in [-0.25, -0.2) is 8.42 Å². The van der Waals surface area contributed by atoms with Crippen molar-refractivity contribution in [1.29, 1.82) is 0 Å². The van der Waals surface area contributed by atoms with Crippen molar-refractivity contribution in [2.24, 2.45) is 0 Å². The number of nitrogens with one attached hydrogen (secondary N) is 1. The number of nitrogens with zero attached hydrogens (tertiary/aromatic N) is 2. The molecule has 0 aliphatic carbocycles. The molecule has 1 N–H and O–H groups in total. The molecule has 120 valence electrons. The molecule has 0 fully saturated rings. The lowest BCUT2D eigenvalue weighted by atomic mass is 10.2. The van der Waals surface area contributed by atoms with E-state index in [0.717, 1.165) is 30.5 Å². The molecule has 0 atom stereocenters. The fraction of sp³-hybridized carbons (Fsp3) is 0.467. The maximum absolute atomic E-state index is 11.6. The number of rotatable bonds is 7. The number of hydrogen-bond acceptors (Lipinski definition) is 6. The zero-order valence-electron chi connectivity index (χ0n) is 13.1. The summed E-state index contributed by atoms with van der Waals surface area (Å²) < 4.78 is 28.4. The van der Waals surface area contributed by atoms with Gasteiger partial charge in [-0.2, -0.15) is 4.98 Å². The minimum absolute atomic E-state index is 0.287. The van der Waals surface area contributed by atoms with Crippen LogP contribution in [0.4, 0.5) is 5.69 Å². The van der Waals surface area contributed by atoms with E-state index in [-0.39, 0.29) is 4.90 Å². The Morgan fingerprint density at radius 2 is 2.09 bits per heavy atom. The van der Waals surface area contributed by atoms with Gasteiger partial charge < -0.3 is 9.84 Å². The number of anilines is 1. The van der Waals surface area contributed by atoms with Crippen LogP contribution in [0.15, 0.2) is 27.6 Å². The van der Waals surface area contributed by atoms with Crippen LogP contribution in [0.25, 0.3) is 0 Å².